The monoisotopic (exact) mass is 283 g/mol. The van der Waals surface area contributed by atoms with Crippen molar-refractivity contribution in [1.82, 2.24) is 10.1 Å². The first-order valence-electron chi connectivity index (χ1n) is 6.61. The van der Waals surface area contributed by atoms with Crippen LogP contribution in [-0.4, -0.2) is 10.1 Å². The summed E-state index contributed by atoms with van der Waals surface area (Å²) in [4.78, 5) is 4.25. The van der Waals surface area contributed by atoms with Crippen molar-refractivity contribution in [2.24, 2.45) is 5.73 Å². The van der Waals surface area contributed by atoms with Crippen LogP contribution in [0.4, 0.5) is 4.39 Å². The van der Waals surface area contributed by atoms with Gasteiger partial charge < -0.3 is 10.3 Å². The van der Waals surface area contributed by atoms with Crippen molar-refractivity contribution in [1.29, 1.82) is 0 Å². The number of rotatable bonds is 4. The lowest BCUT2D eigenvalue weighted by atomic mass is 10.1. The minimum atomic E-state index is -0.387. The summed E-state index contributed by atoms with van der Waals surface area (Å²) in [6, 6.07) is 15.5. The van der Waals surface area contributed by atoms with Gasteiger partial charge in [-0.05, 0) is 24.1 Å². The Morgan fingerprint density at radius 1 is 1.10 bits per heavy atom. The molecule has 5 heteroatoms. The maximum atomic E-state index is 13.2. The van der Waals surface area contributed by atoms with Crippen LogP contribution in [-0.2, 0) is 6.42 Å². The van der Waals surface area contributed by atoms with Crippen molar-refractivity contribution in [3.8, 4) is 11.4 Å². The third kappa shape index (κ3) is 3.14. The Balaban J connectivity index is 1.78. The molecule has 4 nitrogen and oxygen atoms in total. The van der Waals surface area contributed by atoms with E-state index in [0.29, 0.717) is 23.7 Å². The molecular weight excluding hydrogens is 269 g/mol. The number of hydrogen-bond acceptors (Lipinski definition) is 4. The topological polar surface area (TPSA) is 64.9 Å². The molecule has 1 heterocycles. The lowest BCUT2D eigenvalue weighted by Gasteiger charge is -2.05. The predicted molar refractivity (Wildman–Crippen MR) is 76.8 cm³/mol. The molecule has 0 radical (unpaired) electrons. The van der Waals surface area contributed by atoms with Crippen LogP contribution in [0.3, 0.4) is 0 Å². The van der Waals surface area contributed by atoms with Gasteiger partial charge in [0.15, 0.2) is 0 Å². The third-order valence-electron chi connectivity index (χ3n) is 3.14. The summed E-state index contributed by atoms with van der Waals surface area (Å²) < 4.78 is 18.4. The maximum absolute atomic E-state index is 13.2. The minimum absolute atomic E-state index is 0.340. The molecule has 0 aliphatic carbocycles. The molecule has 2 aromatic carbocycles. The van der Waals surface area contributed by atoms with Crippen LogP contribution in [0, 0.1) is 5.82 Å². The van der Waals surface area contributed by atoms with E-state index in [4.69, 9.17) is 10.3 Å². The molecule has 21 heavy (non-hydrogen) atoms. The molecule has 0 spiro atoms. The molecule has 3 rings (SSSR count). The summed E-state index contributed by atoms with van der Waals surface area (Å²) in [6.45, 7) is 0. The summed E-state index contributed by atoms with van der Waals surface area (Å²) >= 11 is 0. The van der Waals surface area contributed by atoms with Gasteiger partial charge in [-0.1, -0.05) is 47.6 Å². The van der Waals surface area contributed by atoms with Gasteiger partial charge in [-0.2, -0.15) is 4.98 Å². The molecule has 106 valence electrons. The zero-order valence-corrected chi connectivity index (χ0v) is 11.2. The maximum Gasteiger partial charge on any atom is 0.244 e. The van der Waals surface area contributed by atoms with Crippen molar-refractivity contribution in [2.75, 3.05) is 0 Å². The highest BCUT2D eigenvalue weighted by Gasteiger charge is 2.16. The van der Waals surface area contributed by atoms with E-state index in [1.807, 2.05) is 30.3 Å². The molecular formula is C16H14FN3O. The smallest absolute Gasteiger partial charge is 0.244 e. The Morgan fingerprint density at radius 2 is 1.90 bits per heavy atom. The van der Waals surface area contributed by atoms with E-state index in [1.165, 1.54) is 12.1 Å². The molecule has 1 atom stereocenters. The standard InChI is InChI=1S/C16H14FN3O/c17-13-8-4-7-12(10-13)15-19-16(21-20-15)14(18)9-11-5-2-1-3-6-11/h1-8,10,14H,9,18H2. The highest BCUT2D eigenvalue weighted by atomic mass is 19.1. The quantitative estimate of drug-likeness (QED) is 0.799. The van der Waals surface area contributed by atoms with Gasteiger partial charge in [0.2, 0.25) is 11.7 Å². The number of hydrogen-bond donors (Lipinski definition) is 1. The Labute approximate surface area is 121 Å². The van der Waals surface area contributed by atoms with Crippen LogP contribution >= 0.6 is 0 Å². The molecule has 0 aliphatic heterocycles. The van der Waals surface area contributed by atoms with Crippen molar-refractivity contribution in [3.05, 3.63) is 71.9 Å². The fraction of sp³-hybridized carbons (Fsp3) is 0.125. The number of nitrogens with zero attached hydrogens (tertiary/aromatic N) is 2. The number of nitrogens with two attached hydrogens (primary N) is 1. The van der Waals surface area contributed by atoms with E-state index in [-0.39, 0.29) is 11.9 Å². The van der Waals surface area contributed by atoms with E-state index < -0.39 is 0 Å². The van der Waals surface area contributed by atoms with Crippen molar-refractivity contribution in [2.45, 2.75) is 12.5 Å². The molecule has 0 saturated heterocycles. The second-order valence-corrected chi connectivity index (χ2v) is 4.76. The molecule has 2 N–H and O–H groups in total. The first kappa shape index (κ1) is 13.5. The zero-order valence-electron chi connectivity index (χ0n) is 11.2. The van der Waals surface area contributed by atoms with Crippen LogP contribution < -0.4 is 5.73 Å². The van der Waals surface area contributed by atoms with Gasteiger partial charge in [-0.25, -0.2) is 4.39 Å². The van der Waals surface area contributed by atoms with Gasteiger partial charge in [0.1, 0.15) is 5.82 Å². The molecule has 1 unspecified atom stereocenters. The van der Waals surface area contributed by atoms with Gasteiger partial charge >= 0.3 is 0 Å². The fourth-order valence-electron chi connectivity index (χ4n) is 2.09. The van der Waals surface area contributed by atoms with Crippen molar-refractivity contribution in [3.63, 3.8) is 0 Å². The summed E-state index contributed by atoms with van der Waals surface area (Å²) in [5.41, 5.74) is 7.74. The Hall–Kier alpha value is -2.53. The first-order chi connectivity index (χ1) is 10.2. The number of aromatic nitrogens is 2. The van der Waals surface area contributed by atoms with Crippen LogP contribution in [0.15, 0.2) is 59.1 Å². The molecule has 0 saturated carbocycles. The van der Waals surface area contributed by atoms with Gasteiger partial charge in [0.05, 0.1) is 6.04 Å². The Bertz CT molecular complexity index is 727. The van der Waals surface area contributed by atoms with E-state index in [9.17, 15) is 4.39 Å². The lowest BCUT2D eigenvalue weighted by molar-refractivity contribution is 0.354. The normalized spacial score (nSPS) is 12.3. The minimum Gasteiger partial charge on any atom is -0.337 e. The average Bonchev–Trinajstić information content (AvgIpc) is 2.98. The summed E-state index contributed by atoms with van der Waals surface area (Å²) in [7, 11) is 0. The van der Waals surface area contributed by atoms with E-state index in [0.717, 1.165) is 5.56 Å². The van der Waals surface area contributed by atoms with E-state index in [2.05, 4.69) is 10.1 Å². The molecule has 0 bridgehead atoms. The van der Waals surface area contributed by atoms with Crippen LogP contribution in [0.2, 0.25) is 0 Å². The average molecular weight is 283 g/mol. The van der Waals surface area contributed by atoms with Crippen LogP contribution in [0.5, 0.6) is 0 Å². The van der Waals surface area contributed by atoms with Gasteiger partial charge in [-0.3, -0.25) is 0 Å². The van der Waals surface area contributed by atoms with Crippen LogP contribution in [0.25, 0.3) is 11.4 Å². The number of halogens is 1. The summed E-state index contributed by atoms with van der Waals surface area (Å²) in [6.07, 6.45) is 0.603. The van der Waals surface area contributed by atoms with Crippen molar-refractivity contribution < 1.29 is 8.91 Å². The molecule has 3 aromatic rings. The second-order valence-electron chi connectivity index (χ2n) is 4.76. The van der Waals surface area contributed by atoms with Gasteiger partial charge in [0, 0.05) is 5.56 Å². The summed E-state index contributed by atoms with van der Waals surface area (Å²) in [5.74, 6) is 0.346. The van der Waals surface area contributed by atoms with Crippen LogP contribution in [0.1, 0.15) is 17.5 Å². The Kier molecular flexibility index (Phi) is 3.75. The largest absolute Gasteiger partial charge is 0.337 e. The highest BCUT2D eigenvalue weighted by molar-refractivity contribution is 5.53. The van der Waals surface area contributed by atoms with E-state index >= 15 is 0 Å². The SMILES string of the molecule is NC(Cc1ccccc1)c1nc(-c2cccc(F)c2)no1. The number of benzene rings is 2. The van der Waals surface area contributed by atoms with Gasteiger partial charge in [-0.15, -0.1) is 0 Å². The van der Waals surface area contributed by atoms with Gasteiger partial charge in [0.25, 0.3) is 0 Å². The molecule has 0 amide bonds. The van der Waals surface area contributed by atoms with Crippen molar-refractivity contribution >= 4 is 0 Å². The van der Waals surface area contributed by atoms with E-state index in [1.54, 1.807) is 12.1 Å². The molecule has 1 aromatic heterocycles. The second kappa shape index (κ2) is 5.85. The molecule has 0 aliphatic rings. The third-order valence-corrected chi connectivity index (χ3v) is 3.14. The first-order valence-corrected chi connectivity index (χ1v) is 6.61. The Morgan fingerprint density at radius 3 is 2.67 bits per heavy atom. The lowest BCUT2D eigenvalue weighted by Crippen LogP contribution is -2.13. The predicted octanol–water partition coefficient (Wildman–Crippen LogP) is 3.12. The highest BCUT2D eigenvalue weighted by Crippen LogP contribution is 2.20. The molecule has 0 fully saturated rings. The zero-order chi connectivity index (χ0) is 14.7. The fourth-order valence-corrected chi connectivity index (χ4v) is 2.09. The summed E-state index contributed by atoms with van der Waals surface area (Å²) in [5, 5.41) is 3.86.